The second-order valence-electron chi connectivity index (χ2n) is 4.15. The Hall–Kier alpha value is -2.16. The molecule has 2 aromatic rings. The predicted molar refractivity (Wildman–Crippen MR) is 63.2 cm³/mol. The van der Waals surface area contributed by atoms with Crippen LogP contribution in [0.15, 0.2) is 48.5 Å². The van der Waals surface area contributed by atoms with E-state index in [1.165, 1.54) is 0 Å². The molecule has 0 aliphatic carbocycles. The molecule has 0 fully saturated rings. The van der Waals surface area contributed by atoms with Gasteiger partial charge in [-0.1, -0.05) is 30.3 Å². The zero-order valence-corrected chi connectivity index (χ0v) is 9.38. The van der Waals surface area contributed by atoms with Crippen molar-refractivity contribution in [2.24, 2.45) is 0 Å². The Morgan fingerprint density at radius 2 is 1.65 bits per heavy atom. The van der Waals surface area contributed by atoms with Crippen LogP contribution in [0.3, 0.4) is 0 Å². The summed E-state index contributed by atoms with van der Waals surface area (Å²) in [5.41, 5.74) is 0.940. The molecule has 1 atom stereocenters. The lowest BCUT2D eigenvalue weighted by atomic mass is 10.1. The molecule has 1 N–H and O–H groups in total. The maximum atomic E-state index is 9.40. The lowest BCUT2D eigenvalue weighted by molar-refractivity contribution is -0.0680. The Morgan fingerprint density at radius 3 is 2.41 bits per heavy atom. The number of fused-ring (bicyclic) bond motifs is 1. The zero-order valence-electron chi connectivity index (χ0n) is 9.38. The molecule has 1 heterocycles. The number of phenolic OH excluding ortho intramolecular Hbond substituents is 1. The number of benzene rings is 2. The summed E-state index contributed by atoms with van der Waals surface area (Å²) in [6.45, 7) is 1.86. The maximum absolute atomic E-state index is 9.40. The van der Waals surface area contributed by atoms with Crippen molar-refractivity contribution in [2.75, 3.05) is 0 Å². The summed E-state index contributed by atoms with van der Waals surface area (Å²) in [5, 5.41) is 9.40. The number of aromatic hydroxyl groups is 1. The predicted octanol–water partition coefficient (Wildman–Crippen LogP) is 3.04. The first-order valence-corrected chi connectivity index (χ1v) is 5.44. The highest BCUT2D eigenvalue weighted by molar-refractivity contribution is 5.48. The molecule has 0 saturated heterocycles. The molecule has 1 aliphatic rings. The summed E-state index contributed by atoms with van der Waals surface area (Å²) in [5.74, 6) is 0.562. The fourth-order valence-electron chi connectivity index (χ4n) is 1.96. The fraction of sp³-hybridized carbons (Fsp3) is 0.143. The van der Waals surface area contributed by atoms with E-state index in [0.29, 0.717) is 11.5 Å². The number of hydrogen-bond donors (Lipinski definition) is 1. The molecule has 3 nitrogen and oxygen atoms in total. The van der Waals surface area contributed by atoms with Gasteiger partial charge in [0.25, 0.3) is 5.79 Å². The molecule has 1 aliphatic heterocycles. The van der Waals surface area contributed by atoms with Crippen LogP contribution in [0.2, 0.25) is 0 Å². The Kier molecular flexibility index (Phi) is 2.01. The fourth-order valence-corrected chi connectivity index (χ4v) is 1.96. The van der Waals surface area contributed by atoms with E-state index in [1.807, 2.05) is 37.3 Å². The van der Waals surface area contributed by atoms with Crippen molar-refractivity contribution in [2.45, 2.75) is 12.7 Å². The van der Waals surface area contributed by atoms with Crippen LogP contribution < -0.4 is 9.47 Å². The monoisotopic (exact) mass is 228 g/mol. The third kappa shape index (κ3) is 1.60. The van der Waals surface area contributed by atoms with Gasteiger partial charge >= 0.3 is 0 Å². The number of hydrogen-bond acceptors (Lipinski definition) is 3. The first-order chi connectivity index (χ1) is 8.17. The number of phenols is 1. The van der Waals surface area contributed by atoms with Gasteiger partial charge in [-0.3, -0.25) is 0 Å². The molecular formula is C14H12O3. The molecule has 0 radical (unpaired) electrons. The van der Waals surface area contributed by atoms with Gasteiger partial charge in [-0.05, 0) is 12.1 Å². The quantitative estimate of drug-likeness (QED) is 0.815. The molecule has 0 aromatic heterocycles. The molecule has 1 unspecified atom stereocenters. The van der Waals surface area contributed by atoms with E-state index in [2.05, 4.69) is 0 Å². The Balaban J connectivity index is 2.00. The van der Waals surface area contributed by atoms with E-state index >= 15 is 0 Å². The van der Waals surface area contributed by atoms with Gasteiger partial charge in [-0.25, -0.2) is 0 Å². The Morgan fingerprint density at radius 1 is 0.941 bits per heavy atom. The third-order valence-corrected chi connectivity index (χ3v) is 2.83. The minimum atomic E-state index is -0.822. The molecule has 86 valence electrons. The summed E-state index contributed by atoms with van der Waals surface area (Å²) in [6.07, 6.45) is 0. The van der Waals surface area contributed by atoms with Crippen molar-refractivity contribution in [1.82, 2.24) is 0 Å². The second kappa shape index (κ2) is 3.42. The van der Waals surface area contributed by atoms with Crippen molar-refractivity contribution >= 4 is 0 Å². The van der Waals surface area contributed by atoms with Gasteiger partial charge in [-0.2, -0.15) is 0 Å². The zero-order chi connectivity index (χ0) is 11.9. The van der Waals surface area contributed by atoms with Gasteiger partial charge in [-0.15, -0.1) is 0 Å². The van der Waals surface area contributed by atoms with Crippen molar-refractivity contribution in [3.63, 3.8) is 0 Å². The van der Waals surface area contributed by atoms with Crippen molar-refractivity contribution in [3.8, 4) is 17.2 Å². The van der Waals surface area contributed by atoms with Gasteiger partial charge in [0.05, 0.1) is 0 Å². The van der Waals surface area contributed by atoms with Crippen LogP contribution in [0.1, 0.15) is 12.5 Å². The lowest BCUT2D eigenvalue weighted by Crippen LogP contribution is -2.31. The van der Waals surface area contributed by atoms with E-state index in [1.54, 1.807) is 18.2 Å². The molecule has 0 amide bonds. The molecule has 3 rings (SSSR count). The van der Waals surface area contributed by atoms with E-state index < -0.39 is 5.79 Å². The van der Waals surface area contributed by atoms with E-state index in [-0.39, 0.29) is 5.75 Å². The summed E-state index contributed by atoms with van der Waals surface area (Å²) in [4.78, 5) is 0. The summed E-state index contributed by atoms with van der Waals surface area (Å²) >= 11 is 0. The van der Waals surface area contributed by atoms with E-state index in [9.17, 15) is 5.11 Å². The molecular weight excluding hydrogens is 216 g/mol. The largest absolute Gasteiger partial charge is 0.508 e. The molecule has 3 heteroatoms. The SMILES string of the molecule is CC1(c2ccccc2)Oc2ccc(O)cc2O1. The van der Waals surface area contributed by atoms with Crippen molar-refractivity contribution < 1.29 is 14.6 Å². The van der Waals surface area contributed by atoms with Gasteiger partial charge in [0.1, 0.15) is 5.75 Å². The minimum absolute atomic E-state index is 0.171. The van der Waals surface area contributed by atoms with Crippen molar-refractivity contribution in [1.29, 1.82) is 0 Å². The number of ether oxygens (including phenoxy) is 2. The van der Waals surface area contributed by atoms with Crippen LogP contribution in [-0.4, -0.2) is 5.11 Å². The van der Waals surface area contributed by atoms with Crippen LogP contribution in [0.4, 0.5) is 0 Å². The van der Waals surface area contributed by atoms with Gasteiger partial charge in [0.2, 0.25) is 0 Å². The van der Waals surface area contributed by atoms with Crippen LogP contribution in [-0.2, 0) is 5.79 Å². The minimum Gasteiger partial charge on any atom is -0.508 e. The highest BCUT2D eigenvalue weighted by atomic mass is 16.7. The van der Waals surface area contributed by atoms with Gasteiger partial charge in [0, 0.05) is 18.6 Å². The molecule has 0 saturated carbocycles. The van der Waals surface area contributed by atoms with E-state index in [4.69, 9.17) is 9.47 Å². The van der Waals surface area contributed by atoms with Crippen LogP contribution in [0.5, 0.6) is 17.2 Å². The smallest absolute Gasteiger partial charge is 0.275 e. The summed E-state index contributed by atoms with van der Waals surface area (Å²) in [7, 11) is 0. The van der Waals surface area contributed by atoms with Gasteiger partial charge in [0.15, 0.2) is 11.5 Å². The Bertz CT molecular complexity index is 551. The average molecular weight is 228 g/mol. The first kappa shape index (κ1) is 10.0. The topological polar surface area (TPSA) is 38.7 Å². The lowest BCUT2D eigenvalue weighted by Gasteiger charge is -2.23. The highest BCUT2D eigenvalue weighted by Gasteiger charge is 2.38. The first-order valence-electron chi connectivity index (χ1n) is 5.44. The number of rotatable bonds is 1. The summed E-state index contributed by atoms with van der Waals surface area (Å²) in [6, 6.07) is 14.6. The van der Waals surface area contributed by atoms with Crippen LogP contribution in [0.25, 0.3) is 0 Å². The van der Waals surface area contributed by atoms with E-state index in [0.717, 1.165) is 5.56 Å². The van der Waals surface area contributed by atoms with Crippen LogP contribution >= 0.6 is 0 Å². The normalized spacial score (nSPS) is 21.5. The van der Waals surface area contributed by atoms with Crippen molar-refractivity contribution in [3.05, 3.63) is 54.1 Å². The average Bonchev–Trinajstić information content (AvgIpc) is 2.67. The standard InChI is InChI=1S/C14H12O3/c1-14(10-5-3-2-4-6-10)16-12-8-7-11(15)9-13(12)17-14/h2-9,15H,1H3. The third-order valence-electron chi connectivity index (χ3n) is 2.83. The van der Waals surface area contributed by atoms with Crippen LogP contribution in [0, 0.1) is 0 Å². The molecule has 0 bridgehead atoms. The Labute approximate surface area is 99.2 Å². The molecule has 0 spiro atoms. The second-order valence-corrected chi connectivity index (χ2v) is 4.15. The maximum Gasteiger partial charge on any atom is 0.275 e. The highest BCUT2D eigenvalue weighted by Crippen LogP contribution is 2.45. The summed E-state index contributed by atoms with van der Waals surface area (Å²) < 4.78 is 11.6. The molecule has 17 heavy (non-hydrogen) atoms. The molecule has 2 aromatic carbocycles. The van der Waals surface area contributed by atoms with Gasteiger partial charge < -0.3 is 14.6 Å².